The molecule has 8 nitrogen and oxygen atoms in total. The molecule has 3 N–H and O–H groups in total. The molecule has 5 rings (SSSR count). The molecular weight excluding hydrogens is 468 g/mol. The summed E-state index contributed by atoms with van der Waals surface area (Å²) in [5, 5.41) is 21.4. The number of rotatable bonds is 4. The molecule has 1 atom stereocenters. The Morgan fingerprint density at radius 2 is 1.97 bits per heavy atom. The molecule has 2 heterocycles. The molecule has 1 amide bonds. The first-order valence-corrected chi connectivity index (χ1v) is 11.6. The monoisotopic (exact) mass is 492 g/mol. The third-order valence-electron chi connectivity index (χ3n) is 6.37. The maximum Gasteiger partial charge on any atom is 0.261 e. The van der Waals surface area contributed by atoms with E-state index in [2.05, 4.69) is 29.6 Å². The summed E-state index contributed by atoms with van der Waals surface area (Å²) >= 11 is 5.95. The maximum atomic E-state index is 13.4. The first-order chi connectivity index (χ1) is 16.7. The summed E-state index contributed by atoms with van der Waals surface area (Å²) in [5.41, 5.74) is 2.82. The van der Waals surface area contributed by atoms with E-state index in [4.69, 9.17) is 16.3 Å². The first kappa shape index (κ1) is 23.0. The van der Waals surface area contributed by atoms with E-state index in [1.165, 1.54) is 19.4 Å². The largest absolute Gasteiger partial charge is 0.504 e. The van der Waals surface area contributed by atoms with Gasteiger partial charge in [0.15, 0.2) is 17.3 Å². The van der Waals surface area contributed by atoms with Gasteiger partial charge in [0.05, 0.1) is 13.3 Å². The zero-order valence-electron chi connectivity index (χ0n) is 19.6. The third-order valence-corrected chi connectivity index (χ3v) is 6.62. The Bertz CT molecular complexity index is 1370. The summed E-state index contributed by atoms with van der Waals surface area (Å²) in [6.45, 7) is 4.10. The van der Waals surface area contributed by atoms with E-state index in [1.807, 2.05) is 0 Å². The molecule has 0 saturated carbocycles. The molecule has 0 radical (unpaired) electrons. The van der Waals surface area contributed by atoms with E-state index in [1.54, 1.807) is 41.1 Å². The minimum Gasteiger partial charge on any atom is -0.504 e. The highest BCUT2D eigenvalue weighted by Crippen LogP contribution is 2.47. The standard InChI is InChI=1S/C26H25ClN4O4/c1-26(2)11-18-22(20(33)12-26)23(14-4-9-19(32)21(10-14)35-3)31-24(30-18)17(13-28-31)25(34)29-16-7-5-15(27)6-8-16/h4-10,13,23,30,32H,11-12H2,1-3H3,(H,29,34)/t23-/m0/s1. The van der Waals surface area contributed by atoms with Crippen molar-refractivity contribution < 1.29 is 19.4 Å². The molecule has 0 spiro atoms. The van der Waals surface area contributed by atoms with Crippen molar-refractivity contribution in [3.05, 3.63) is 76.1 Å². The number of Topliss-reactive ketones (excluding diaryl/α,β-unsaturated/α-hetero) is 1. The summed E-state index contributed by atoms with van der Waals surface area (Å²) < 4.78 is 6.96. The van der Waals surface area contributed by atoms with Gasteiger partial charge in [-0.2, -0.15) is 5.10 Å². The van der Waals surface area contributed by atoms with Gasteiger partial charge < -0.3 is 20.5 Å². The molecule has 0 bridgehead atoms. The molecule has 0 fully saturated rings. The second-order valence-corrected chi connectivity index (χ2v) is 10.0. The number of ether oxygens (including phenoxy) is 1. The smallest absolute Gasteiger partial charge is 0.261 e. The normalized spacial score (nSPS) is 18.4. The number of aromatic nitrogens is 2. The van der Waals surface area contributed by atoms with Gasteiger partial charge in [0.2, 0.25) is 0 Å². The van der Waals surface area contributed by atoms with Crippen LogP contribution in [0, 0.1) is 5.41 Å². The number of nitrogens with zero attached hydrogens (tertiary/aromatic N) is 2. The van der Waals surface area contributed by atoms with Crippen LogP contribution < -0.4 is 15.4 Å². The van der Waals surface area contributed by atoms with Crippen molar-refractivity contribution >= 4 is 34.8 Å². The number of carbonyl (C=O) groups is 2. The second kappa shape index (κ2) is 8.46. The highest BCUT2D eigenvalue weighted by Gasteiger charge is 2.42. The number of aromatic hydroxyl groups is 1. The average Bonchev–Trinajstić information content (AvgIpc) is 3.22. The van der Waals surface area contributed by atoms with Gasteiger partial charge in [-0.15, -0.1) is 0 Å². The quantitative estimate of drug-likeness (QED) is 0.464. The number of halogens is 1. The third kappa shape index (κ3) is 4.14. The van der Waals surface area contributed by atoms with Crippen LogP contribution in [-0.2, 0) is 4.79 Å². The minimum absolute atomic E-state index is 0.000730. The summed E-state index contributed by atoms with van der Waals surface area (Å²) in [6.07, 6.45) is 2.54. The number of methoxy groups -OCH3 is 1. The zero-order chi connectivity index (χ0) is 24.9. The lowest BCUT2D eigenvalue weighted by Crippen LogP contribution is -2.37. The van der Waals surface area contributed by atoms with Gasteiger partial charge in [-0.25, -0.2) is 4.68 Å². The highest BCUT2D eigenvalue weighted by atomic mass is 35.5. The lowest BCUT2D eigenvalue weighted by molar-refractivity contribution is -0.118. The number of hydrogen-bond donors (Lipinski definition) is 3. The Morgan fingerprint density at radius 3 is 2.69 bits per heavy atom. The number of benzene rings is 2. The van der Waals surface area contributed by atoms with Crippen molar-refractivity contribution in [2.45, 2.75) is 32.7 Å². The van der Waals surface area contributed by atoms with Crippen LogP contribution in [0.5, 0.6) is 11.5 Å². The predicted molar refractivity (Wildman–Crippen MR) is 133 cm³/mol. The van der Waals surface area contributed by atoms with Crippen molar-refractivity contribution in [2.24, 2.45) is 5.41 Å². The lowest BCUT2D eigenvalue weighted by Gasteiger charge is -2.39. The molecule has 1 aliphatic heterocycles. The highest BCUT2D eigenvalue weighted by molar-refractivity contribution is 6.30. The van der Waals surface area contributed by atoms with Crippen LogP contribution in [0.3, 0.4) is 0 Å². The fourth-order valence-electron chi connectivity index (χ4n) is 4.78. The Balaban J connectivity index is 1.61. The molecule has 35 heavy (non-hydrogen) atoms. The number of phenolic OH excluding ortho intramolecular Hbond substituents is 1. The lowest BCUT2D eigenvalue weighted by atomic mass is 9.73. The van der Waals surface area contributed by atoms with Gasteiger partial charge in [0.1, 0.15) is 17.4 Å². The molecule has 2 aromatic carbocycles. The van der Waals surface area contributed by atoms with Gasteiger partial charge in [0, 0.05) is 28.4 Å². The number of nitrogens with one attached hydrogen (secondary N) is 2. The van der Waals surface area contributed by atoms with Gasteiger partial charge in [-0.05, 0) is 53.8 Å². The van der Waals surface area contributed by atoms with Crippen molar-refractivity contribution in [1.82, 2.24) is 9.78 Å². The number of carbonyl (C=O) groups excluding carboxylic acids is 2. The van der Waals surface area contributed by atoms with Crippen LogP contribution in [0.4, 0.5) is 11.5 Å². The first-order valence-electron chi connectivity index (χ1n) is 11.2. The van der Waals surface area contributed by atoms with Crippen LogP contribution in [0.2, 0.25) is 5.02 Å². The number of fused-ring (bicyclic) bond motifs is 1. The molecule has 0 saturated heterocycles. The molecule has 2 aliphatic rings. The SMILES string of the molecule is COc1cc([C@H]2C3=C(CC(C)(C)CC3=O)Nc3c(C(=O)Nc4ccc(Cl)cc4)cnn32)ccc1O. The van der Waals surface area contributed by atoms with Gasteiger partial charge in [-0.1, -0.05) is 31.5 Å². The van der Waals surface area contributed by atoms with Crippen LogP contribution in [-0.4, -0.2) is 33.7 Å². The van der Waals surface area contributed by atoms with Crippen LogP contribution in [0.1, 0.15) is 48.7 Å². The van der Waals surface area contributed by atoms with E-state index in [9.17, 15) is 14.7 Å². The summed E-state index contributed by atoms with van der Waals surface area (Å²) in [4.78, 5) is 26.6. The van der Waals surface area contributed by atoms with E-state index >= 15 is 0 Å². The molecule has 180 valence electrons. The fraction of sp³-hybridized carbons (Fsp3) is 0.269. The Kier molecular flexibility index (Phi) is 5.56. The van der Waals surface area contributed by atoms with Crippen molar-refractivity contribution in [3.8, 4) is 11.5 Å². The second-order valence-electron chi connectivity index (χ2n) is 9.60. The van der Waals surface area contributed by atoms with E-state index < -0.39 is 6.04 Å². The van der Waals surface area contributed by atoms with E-state index in [0.717, 1.165) is 11.3 Å². The van der Waals surface area contributed by atoms with Gasteiger partial charge in [-0.3, -0.25) is 9.59 Å². The number of anilines is 2. The average molecular weight is 493 g/mol. The number of amides is 1. The molecule has 1 aromatic heterocycles. The molecular formula is C26H25ClN4O4. The number of hydrogen-bond acceptors (Lipinski definition) is 6. The minimum atomic E-state index is -0.573. The summed E-state index contributed by atoms with van der Waals surface area (Å²) in [7, 11) is 1.47. The molecule has 1 aliphatic carbocycles. The van der Waals surface area contributed by atoms with Crippen LogP contribution >= 0.6 is 11.6 Å². The number of allylic oxidation sites excluding steroid dienone is 2. The summed E-state index contributed by atoms with van der Waals surface area (Å²) in [6, 6.07) is 11.2. The van der Waals surface area contributed by atoms with Gasteiger partial charge in [0.25, 0.3) is 5.91 Å². The Hall–Kier alpha value is -3.78. The maximum absolute atomic E-state index is 13.4. The van der Waals surface area contributed by atoms with Crippen LogP contribution in [0.15, 0.2) is 59.9 Å². The molecule has 3 aromatic rings. The number of ketones is 1. The topological polar surface area (TPSA) is 105 Å². The Labute approximate surface area is 207 Å². The van der Waals surface area contributed by atoms with Crippen molar-refractivity contribution in [1.29, 1.82) is 0 Å². The summed E-state index contributed by atoms with van der Waals surface area (Å²) in [5.74, 6) is 0.473. The Morgan fingerprint density at radius 1 is 1.23 bits per heavy atom. The van der Waals surface area contributed by atoms with Crippen LogP contribution in [0.25, 0.3) is 0 Å². The van der Waals surface area contributed by atoms with Crippen molar-refractivity contribution in [3.63, 3.8) is 0 Å². The number of phenols is 1. The van der Waals surface area contributed by atoms with Crippen molar-refractivity contribution in [2.75, 3.05) is 17.7 Å². The predicted octanol–water partition coefficient (Wildman–Crippen LogP) is 5.16. The molecule has 0 unspecified atom stereocenters. The van der Waals surface area contributed by atoms with E-state index in [-0.39, 0.29) is 22.9 Å². The molecule has 9 heteroatoms. The fourth-order valence-corrected chi connectivity index (χ4v) is 4.91. The van der Waals surface area contributed by atoms with E-state index in [0.29, 0.717) is 46.3 Å². The van der Waals surface area contributed by atoms with Gasteiger partial charge >= 0.3 is 0 Å². The zero-order valence-corrected chi connectivity index (χ0v) is 20.3.